The molecular weight excluding hydrogens is 493 g/mol. The van der Waals surface area contributed by atoms with E-state index < -0.39 is 18.0 Å². The SMILES string of the molecule is COc1ccc(OC(F)(F)F)cc1C(=O)Nc1cn[nH]c1-c1nc2c([nH]1)CCC(CN1CCOCC1)=C2. The number of alkyl halides is 3. The number of ether oxygens (including phenoxy) is 3. The molecule has 2 aromatic heterocycles. The van der Waals surface area contributed by atoms with E-state index in [2.05, 4.69) is 36.2 Å². The maximum absolute atomic E-state index is 13.0. The Kier molecular flexibility index (Phi) is 6.89. The Hall–Kier alpha value is -3.84. The van der Waals surface area contributed by atoms with Crippen molar-refractivity contribution in [3.63, 3.8) is 0 Å². The number of H-pyrrole nitrogens is 2. The molecule has 0 saturated carbocycles. The lowest BCUT2D eigenvalue weighted by molar-refractivity contribution is -0.274. The highest BCUT2D eigenvalue weighted by atomic mass is 19.4. The van der Waals surface area contributed by atoms with Gasteiger partial charge in [-0.15, -0.1) is 13.2 Å². The number of aryl methyl sites for hydroxylation is 1. The second-order valence-electron chi connectivity index (χ2n) is 8.66. The number of rotatable bonds is 7. The summed E-state index contributed by atoms with van der Waals surface area (Å²) in [7, 11) is 1.31. The minimum Gasteiger partial charge on any atom is -0.496 e. The molecule has 10 nitrogen and oxygen atoms in total. The Labute approximate surface area is 209 Å². The number of aromatic nitrogens is 4. The summed E-state index contributed by atoms with van der Waals surface area (Å²) in [6.07, 6.45) is 0.304. The van der Waals surface area contributed by atoms with Gasteiger partial charge < -0.3 is 24.5 Å². The predicted octanol–water partition coefficient (Wildman–Crippen LogP) is 3.62. The number of benzene rings is 1. The van der Waals surface area contributed by atoms with Crippen LogP contribution in [-0.2, 0) is 11.2 Å². The normalized spacial score (nSPS) is 16.2. The Morgan fingerprint density at radius 2 is 2.05 bits per heavy atom. The lowest BCUT2D eigenvalue weighted by atomic mass is 9.99. The number of halogens is 3. The Morgan fingerprint density at radius 3 is 2.81 bits per heavy atom. The van der Waals surface area contributed by atoms with Crippen molar-refractivity contribution in [1.29, 1.82) is 0 Å². The first-order valence-electron chi connectivity index (χ1n) is 11.7. The van der Waals surface area contributed by atoms with Crippen molar-refractivity contribution >= 4 is 17.7 Å². The van der Waals surface area contributed by atoms with E-state index in [0.29, 0.717) is 17.2 Å². The number of imidazole rings is 1. The molecule has 0 bridgehead atoms. The maximum Gasteiger partial charge on any atom is 0.573 e. The summed E-state index contributed by atoms with van der Waals surface area (Å²) in [4.78, 5) is 23.3. The molecule has 0 spiro atoms. The van der Waals surface area contributed by atoms with Gasteiger partial charge in [0.1, 0.15) is 17.2 Å². The molecule has 37 heavy (non-hydrogen) atoms. The Morgan fingerprint density at radius 1 is 1.24 bits per heavy atom. The van der Waals surface area contributed by atoms with Crippen LogP contribution in [0.3, 0.4) is 0 Å². The second-order valence-corrected chi connectivity index (χ2v) is 8.66. The minimum absolute atomic E-state index is 0.0865. The zero-order valence-corrected chi connectivity index (χ0v) is 19.9. The van der Waals surface area contributed by atoms with E-state index in [1.165, 1.54) is 24.9 Å². The fourth-order valence-corrected chi connectivity index (χ4v) is 4.39. The number of hydrogen-bond donors (Lipinski definition) is 3. The average Bonchev–Trinajstić information content (AvgIpc) is 3.50. The van der Waals surface area contributed by atoms with Crippen LogP contribution < -0.4 is 14.8 Å². The van der Waals surface area contributed by atoms with E-state index in [1.54, 1.807) is 0 Å². The number of methoxy groups -OCH3 is 1. The van der Waals surface area contributed by atoms with E-state index in [9.17, 15) is 18.0 Å². The van der Waals surface area contributed by atoms with Crippen LogP contribution in [0.1, 0.15) is 28.2 Å². The van der Waals surface area contributed by atoms with Gasteiger partial charge in [-0.2, -0.15) is 5.10 Å². The molecule has 1 saturated heterocycles. The number of anilines is 1. The number of carbonyl (C=O) groups excluding carboxylic acids is 1. The van der Waals surface area contributed by atoms with Crippen molar-refractivity contribution in [3.8, 4) is 23.0 Å². The van der Waals surface area contributed by atoms with Crippen molar-refractivity contribution in [3.05, 3.63) is 46.9 Å². The van der Waals surface area contributed by atoms with Gasteiger partial charge in [-0.25, -0.2) is 4.98 Å². The van der Waals surface area contributed by atoms with Crippen molar-refractivity contribution in [2.45, 2.75) is 19.2 Å². The zero-order valence-electron chi connectivity index (χ0n) is 19.9. The number of amides is 1. The predicted molar refractivity (Wildman–Crippen MR) is 127 cm³/mol. The van der Waals surface area contributed by atoms with Gasteiger partial charge in [0.2, 0.25) is 0 Å². The molecule has 5 rings (SSSR count). The molecule has 1 fully saturated rings. The molecule has 13 heteroatoms. The van der Waals surface area contributed by atoms with E-state index in [0.717, 1.165) is 69.2 Å². The first kappa shape index (κ1) is 24.8. The van der Waals surface area contributed by atoms with Gasteiger partial charge in [0.05, 0.1) is 43.5 Å². The second kappa shape index (κ2) is 10.3. The number of hydrogen-bond acceptors (Lipinski definition) is 7. The quantitative estimate of drug-likeness (QED) is 0.437. The summed E-state index contributed by atoms with van der Waals surface area (Å²) in [5, 5.41) is 9.51. The van der Waals surface area contributed by atoms with Crippen LogP contribution in [0.15, 0.2) is 30.0 Å². The van der Waals surface area contributed by atoms with Crippen molar-refractivity contribution in [1.82, 2.24) is 25.1 Å². The molecule has 1 amide bonds. The molecule has 1 aliphatic carbocycles. The summed E-state index contributed by atoms with van der Waals surface area (Å²) in [6, 6.07) is 3.27. The average molecular weight is 518 g/mol. The van der Waals surface area contributed by atoms with Crippen molar-refractivity contribution in [2.24, 2.45) is 0 Å². The van der Waals surface area contributed by atoms with Gasteiger partial charge in [-0.05, 0) is 37.1 Å². The van der Waals surface area contributed by atoms with Crippen LogP contribution in [-0.4, -0.2) is 77.3 Å². The zero-order chi connectivity index (χ0) is 26.0. The van der Waals surface area contributed by atoms with Gasteiger partial charge in [0.15, 0.2) is 5.82 Å². The van der Waals surface area contributed by atoms with Gasteiger partial charge in [-0.1, -0.05) is 5.57 Å². The van der Waals surface area contributed by atoms with Crippen molar-refractivity contribution in [2.75, 3.05) is 45.3 Å². The van der Waals surface area contributed by atoms with E-state index >= 15 is 0 Å². The third-order valence-electron chi connectivity index (χ3n) is 6.15. The Bertz CT molecular complexity index is 1310. The van der Waals surface area contributed by atoms with E-state index in [4.69, 9.17) is 14.5 Å². The molecule has 0 unspecified atom stereocenters. The van der Waals surface area contributed by atoms with E-state index in [1.807, 2.05) is 0 Å². The number of carbonyl (C=O) groups is 1. The monoisotopic (exact) mass is 518 g/mol. The third-order valence-corrected chi connectivity index (χ3v) is 6.15. The number of aromatic amines is 2. The summed E-state index contributed by atoms with van der Waals surface area (Å²) < 4.78 is 52.5. The van der Waals surface area contributed by atoms with Crippen molar-refractivity contribution < 1.29 is 32.2 Å². The third kappa shape index (κ3) is 5.78. The standard InChI is InChI=1S/C24H25F3N6O4/c1-35-20-5-3-15(37-24(25,26)27)11-16(20)23(34)31-19-12-28-32-21(19)22-29-17-4-2-14(10-18(17)30-22)13-33-6-8-36-9-7-33/h3,5,10-12H,2,4,6-9,13H2,1H3,(H,28,32)(H,29,30)(H,31,34). The highest BCUT2D eigenvalue weighted by molar-refractivity contribution is 6.07. The molecule has 0 radical (unpaired) electrons. The number of fused-ring (bicyclic) bond motifs is 1. The lowest BCUT2D eigenvalue weighted by Gasteiger charge is -2.28. The molecule has 3 heterocycles. The minimum atomic E-state index is -4.89. The highest BCUT2D eigenvalue weighted by Gasteiger charge is 2.32. The van der Waals surface area contributed by atoms with Crippen LogP contribution >= 0.6 is 0 Å². The number of morpholine rings is 1. The van der Waals surface area contributed by atoms with Crippen LogP contribution in [0.25, 0.3) is 17.6 Å². The lowest BCUT2D eigenvalue weighted by Crippen LogP contribution is -2.37. The molecular formula is C24H25F3N6O4. The molecule has 196 valence electrons. The highest BCUT2D eigenvalue weighted by Crippen LogP contribution is 2.32. The van der Waals surface area contributed by atoms with Gasteiger partial charge >= 0.3 is 6.36 Å². The number of nitrogens with zero attached hydrogens (tertiary/aromatic N) is 3. The van der Waals surface area contributed by atoms with Crippen LogP contribution in [0.4, 0.5) is 18.9 Å². The first-order chi connectivity index (χ1) is 17.8. The molecule has 3 aromatic rings. The fraction of sp³-hybridized carbons (Fsp3) is 0.375. The summed E-state index contributed by atoms with van der Waals surface area (Å²) in [5.74, 6) is -0.661. The summed E-state index contributed by atoms with van der Waals surface area (Å²) in [6.45, 7) is 4.16. The van der Waals surface area contributed by atoms with Gasteiger partial charge in [0, 0.05) is 25.3 Å². The molecule has 2 aliphatic rings. The fourth-order valence-electron chi connectivity index (χ4n) is 4.39. The van der Waals surface area contributed by atoms with Crippen LogP contribution in [0.2, 0.25) is 0 Å². The largest absolute Gasteiger partial charge is 0.573 e. The van der Waals surface area contributed by atoms with E-state index in [-0.39, 0.29) is 11.3 Å². The van der Waals surface area contributed by atoms with Crippen LogP contribution in [0, 0.1) is 0 Å². The Balaban J connectivity index is 1.34. The summed E-state index contributed by atoms with van der Waals surface area (Å²) in [5.41, 5.74) is 3.70. The van der Waals surface area contributed by atoms with Gasteiger partial charge in [0.25, 0.3) is 5.91 Å². The maximum atomic E-state index is 13.0. The topological polar surface area (TPSA) is 117 Å². The number of nitrogens with one attached hydrogen (secondary N) is 3. The first-order valence-corrected chi connectivity index (χ1v) is 11.7. The molecule has 3 N–H and O–H groups in total. The molecule has 0 atom stereocenters. The van der Waals surface area contributed by atoms with Crippen LogP contribution in [0.5, 0.6) is 11.5 Å². The smallest absolute Gasteiger partial charge is 0.496 e. The molecule has 1 aliphatic heterocycles. The molecule has 1 aromatic carbocycles. The summed E-state index contributed by atoms with van der Waals surface area (Å²) >= 11 is 0. The van der Waals surface area contributed by atoms with Gasteiger partial charge in [-0.3, -0.25) is 14.8 Å².